The number of benzene rings is 3. The normalized spacial score (nSPS) is 10.6. The minimum atomic E-state index is 0.0776. The topological polar surface area (TPSA) is 22.0 Å². The van der Waals surface area contributed by atoms with Gasteiger partial charge in [-0.2, -0.15) is 0 Å². The summed E-state index contributed by atoms with van der Waals surface area (Å²) in [6.45, 7) is 2.48. The van der Waals surface area contributed by atoms with Crippen LogP contribution in [-0.2, 0) is 11.3 Å². The quantitative estimate of drug-likeness (QED) is 0.414. The minimum Gasteiger partial charge on any atom is -0.343 e. The highest BCUT2D eigenvalue weighted by Gasteiger charge is 1.99. The smallest absolute Gasteiger partial charge is 0.152 e. The maximum Gasteiger partial charge on any atom is 0.152 e. The molecule has 0 N–H and O–H groups in total. The van der Waals surface area contributed by atoms with Crippen molar-refractivity contribution < 1.29 is 4.79 Å². The molecule has 0 unspecified atom stereocenters. The number of hydrogen-bond acceptors (Lipinski definition) is 1. The number of allylic oxidation sites excluding steroid dienone is 1. The molecule has 2 heteroatoms. The molecular formula is C25H23NO. The molecule has 27 heavy (non-hydrogen) atoms. The zero-order valence-electron chi connectivity index (χ0n) is 15.5. The molecule has 4 aromatic rings. The molecule has 0 spiro atoms. The van der Waals surface area contributed by atoms with Gasteiger partial charge in [-0.3, -0.25) is 4.79 Å². The summed E-state index contributed by atoms with van der Waals surface area (Å²) in [4.78, 5) is 10.5. The maximum atomic E-state index is 10.5. The Morgan fingerprint density at radius 3 is 2.15 bits per heavy atom. The zero-order valence-corrected chi connectivity index (χ0v) is 15.5. The first-order valence-corrected chi connectivity index (χ1v) is 9.04. The van der Waals surface area contributed by atoms with Crippen LogP contribution in [0.15, 0.2) is 103 Å². The SMILES string of the molecule is CC(=O)C=Cc1ccccc1.c1ccc(Cn2ccc3ccccc32)cc1. The molecule has 3 aromatic carbocycles. The van der Waals surface area contributed by atoms with Crippen LogP contribution in [0.25, 0.3) is 17.0 Å². The molecule has 0 bridgehead atoms. The van der Waals surface area contributed by atoms with Gasteiger partial charge in [-0.15, -0.1) is 0 Å². The summed E-state index contributed by atoms with van der Waals surface area (Å²) in [6, 6.07) is 30.9. The van der Waals surface area contributed by atoms with Gasteiger partial charge in [-0.1, -0.05) is 84.9 Å². The van der Waals surface area contributed by atoms with Gasteiger partial charge in [0, 0.05) is 18.3 Å². The first-order valence-electron chi connectivity index (χ1n) is 9.04. The van der Waals surface area contributed by atoms with Crippen molar-refractivity contribution in [1.29, 1.82) is 0 Å². The molecular weight excluding hydrogens is 330 g/mol. The Balaban J connectivity index is 0.000000168. The third-order valence-corrected chi connectivity index (χ3v) is 4.19. The molecule has 0 atom stereocenters. The second kappa shape index (κ2) is 9.35. The van der Waals surface area contributed by atoms with E-state index in [4.69, 9.17) is 0 Å². The van der Waals surface area contributed by atoms with Crippen LogP contribution in [0.2, 0.25) is 0 Å². The van der Waals surface area contributed by atoms with Gasteiger partial charge in [0.2, 0.25) is 0 Å². The Hall–Kier alpha value is -3.39. The molecule has 0 radical (unpaired) electrons. The average Bonchev–Trinajstić information content (AvgIpc) is 3.11. The highest BCUT2D eigenvalue weighted by molar-refractivity contribution is 5.91. The fraction of sp³-hybridized carbons (Fsp3) is 0.0800. The van der Waals surface area contributed by atoms with Gasteiger partial charge < -0.3 is 4.57 Å². The predicted molar refractivity (Wildman–Crippen MR) is 114 cm³/mol. The summed E-state index contributed by atoms with van der Waals surface area (Å²) < 4.78 is 2.28. The lowest BCUT2D eigenvalue weighted by molar-refractivity contribution is -0.112. The largest absolute Gasteiger partial charge is 0.343 e. The summed E-state index contributed by atoms with van der Waals surface area (Å²) in [5, 5.41) is 1.30. The molecule has 1 heterocycles. The van der Waals surface area contributed by atoms with Crippen LogP contribution >= 0.6 is 0 Å². The van der Waals surface area contributed by atoms with E-state index in [1.807, 2.05) is 36.4 Å². The number of para-hydroxylation sites is 1. The first-order chi connectivity index (χ1) is 13.2. The van der Waals surface area contributed by atoms with Crippen molar-refractivity contribution in [3.8, 4) is 0 Å². The molecule has 0 saturated heterocycles. The van der Waals surface area contributed by atoms with E-state index >= 15 is 0 Å². The van der Waals surface area contributed by atoms with Crippen molar-refractivity contribution in [1.82, 2.24) is 4.57 Å². The lowest BCUT2D eigenvalue weighted by atomic mass is 10.2. The van der Waals surface area contributed by atoms with Gasteiger partial charge >= 0.3 is 0 Å². The van der Waals surface area contributed by atoms with Crippen LogP contribution in [0, 0.1) is 0 Å². The highest BCUT2D eigenvalue weighted by Crippen LogP contribution is 2.16. The molecule has 0 aliphatic heterocycles. The van der Waals surface area contributed by atoms with Crippen molar-refractivity contribution >= 4 is 22.8 Å². The second-order valence-corrected chi connectivity index (χ2v) is 6.34. The van der Waals surface area contributed by atoms with Gasteiger partial charge in [0.15, 0.2) is 5.78 Å². The lowest BCUT2D eigenvalue weighted by Gasteiger charge is -2.05. The third-order valence-electron chi connectivity index (χ3n) is 4.19. The number of nitrogens with zero attached hydrogens (tertiary/aromatic N) is 1. The molecule has 0 aliphatic carbocycles. The number of hydrogen-bond donors (Lipinski definition) is 0. The number of ketones is 1. The van der Waals surface area contributed by atoms with Gasteiger partial charge in [0.25, 0.3) is 0 Å². The summed E-state index contributed by atoms with van der Waals surface area (Å²) >= 11 is 0. The van der Waals surface area contributed by atoms with E-state index in [-0.39, 0.29) is 5.78 Å². The lowest BCUT2D eigenvalue weighted by Crippen LogP contribution is -1.96. The fourth-order valence-electron chi connectivity index (χ4n) is 2.84. The Morgan fingerprint density at radius 1 is 0.815 bits per heavy atom. The minimum absolute atomic E-state index is 0.0776. The Bertz CT molecular complexity index is 1010. The van der Waals surface area contributed by atoms with E-state index in [0.29, 0.717) is 0 Å². The van der Waals surface area contributed by atoms with Crippen LogP contribution in [0.5, 0.6) is 0 Å². The number of carbonyl (C=O) groups excluding carboxylic acids is 1. The van der Waals surface area contributed by atoms with Gasteiger partial charge in [-0.25, -0.2) is 0 Å². The summed E-state index contributed by atoms with van der Waals surface area (Å²) in [5.74, 6) is 0.0776. The van der Waals surface area contributed by atoms with Crippen molar-refractivity contribution in [2.75, 3.05) is 0 Å². The number of rotatable bonds is 4. The number of aromatic nitrogens is 1. The van der Waals surface area contributed by atoms with Crippen LogP contribution in [0.1, 0.15) is 18.1 Å². The predicted octanol–water partition coefficient (Wildman–Crippen LogP) is 5.98. The van der Waals surface area contributed by atoms with Gasteiger partial charge in [0.05, 0.1) is 0 Å². The Morgan fingerprint density at radius 2 is 1.44 bits per heavy atom. The van der Waals surface area contributed by atoms with Crippen LogP contribution in [0.3, 0.4) is 0 Å². The molecule has 4 rings (SSSR count). The molecule has 0 amide bonds. The highest BCUT2D eigenvalue weighted by atomic mass is 16.1. The zero-order chi connectivity index (χ0) is 18.9. The maximum absolute atomic E-state index is 10.5. The van der Waals surface area contributed by atoms with Gasteiger partial charge in [0.1, 0.15) is 0 Å². The second-order valence-electron chi connectivity index (χ2n) is 6.34. The molecule has 134 valence electrons. The number of fused-ring (bicyclic) bond motifs is 1. The van der Waals surface area contributed by atoms with E-state index in [2.05, 4.69) is 71.4 Å². The molecule has 0 aliphatic rings. The van der Waals surface area contributed by atoms with E-state index in [1.54, 1.807) is 13.0 Å². The van der Waals surface area contributed by atoms with Crippen molar-refractivity contribution in [3.63, 3.8) is 0 Å². The summed E-state index contributed by atoms with van der Waals surface area (Å²) in [6.07, 6.45) is 5.52. The monoisotopic (exact) mass is 353 g/mol. The molecule has 0 fully saturated rings. The van der Waals surface area contributed by atoms with Crippen LogP contribution in [-0.4, -0.2) is 10.4 Å². The summed E-state index contributed by atoms with van der Waals surface area (Å²) in [7, 11) is 0. The first kappa shape index (κ1) is 18.4. The Labute approximate surface area is 160 Å². The standard InChI is InChI=1S/C15H13N.C10H10O/c1-2-6-13(7-3-1)12-16-11-10-14-8-4-5-9-15(14)16;1-9(11)7-8-10-5-3-2-4-6-10/h1-11H,12H2;2-8H,1H3. The number of carbonyl (C=O) groups is 1. The third kappa shape index (κ3) is 5.55. The van der Waals surface area contributed by atoms with Crippen molar-refractivity contribution in [2.45, 2.75) is 13.5 Å². The van der Waals surface area contributed by atoms with Crippen LogP contribution < -0.4 is 0 Å². The fourth-order valence-corrected chi connectivity index (χ4v) is 2.84. The van der Waals surface area contributed by atoms with Crippen LogP contribution in [0.4, 0.5) is 0 Å². The average molecular weight is 353 g/mol. The van der Waals surface area contributed by atoms with Gasteiger partial charge in [-0.05, 0) is 41.6 Å². The van der Waals surface area contributed by atoms with E-state index in [0.717, 1.165) is 12.1 Å². The van der Waals surface area contributed by atoms with E-state index < -0.39 is 0 Å². The molecule has 0 saturated carbocycles. The molecule has 1 aromatic heterocycles. The van der Waals surface area contributed by atoms with E-state index in [9.17, 15) is 4.79 Å². The Kier molecular flexibility index (Phi) is 6.37. The van der Waals surface area contributed by atoms with E-state index in [1.165, 1.54) is 16.5 Å². The van der Waals surface area contributed by atoms with Crippen molar-refractivity contribution in [2.24, 2.45) is 0 Å². The molecule has 2 nitrogen and oxygen atoms in total. The van der Waals surface area contributed by atoms with Crippen molar-refractivity contribution in [3.05, 3.63) is 114 Å². The summed E-state index contributed by atoms with van der Waals surface area (Å²) in [5.41, 5.74) is 3.69.